The number of nitrogens with one attached hydrogen (secondary N) is 2. The molecule has 1 aliphatic carbocycles. The maximum atomic E-state index is 14.2. The number of methoxy groups -OCH3 is 1. The van der Waals surface area contributed by atoms with Crippen LogP contribution in [0.4, 0.5) is 21.6 Å². The standard InChI is InChI=1S/C26H32FN5O3S/c1-17-13-19(32-36(33)11-9-28-10-12-36)15-23-25(17)26(30-16-29-23)31-22-8-3-18(27)14-24(22)35-21-6-4-20(34-2)5-7-21/h3,8,13-16,20-21,28H,4-7,9-12H2,1-2H3,(H,29,30,31)/t20-,21-. The highest BCUT2D eigenvalue weighted by atomic mass is 32.2. The van der Waals surface area contributed by atoms with E-state index < -0.39 is 9.73 Å². The lowest BCUT2D eigenvalue weighted by atomic mass is 9.95. The normalized spacial score (nSPS) is 21.8. The molecule has 2 aliphatic rings. The van der Waals surface area contributed by atoms with E-state index in [0.717, 1.165) is 36.6 Å². The number of anilines is 2. The van der Waals surface area contributed by atoms with Crippen LogP contribution >= 0.6 is 0 Å². The molecule has 3 aromatic rings. The fourth-order valence-corrected chi connectivity index (χ4v) is 6.69. The summed E-state index contributed by atoms with van der Waals surface area (Å²) in [5.41, 5.74) is 2.91. The van der Waals surface area contributed by atoms with Crippen molar-refractivity contribution in [2.24, 2.45) is 4.36 Å². The average molecular weight is 514 g/mol. The van der Waals surface area contributed by atoms with Crippen LogP contribution in [0.5, 0.6) is 5.75 Å². The highest BCUT2D eigenvalue weighted by molar-refractivity contribution is 7.93. The monoisotopic (exact) mass is 513 g/mol. The SMILES string of the molecule is CO[C@H]1CC[C@H](Oc2cc(F)ccc2Nc2ncnc3cc(N=S4(=O)CCNCC4)cc(C)c23)CC1. The van der Waals surface area contributed by atoms with Crippen molar-refractivity contribution in [2.45, 2.75) is 44.8 Å². The summed E-state index contributed by atoms with van der Waals surface area (Å²) in [5, 5.41) is 7.39. The summed E-state index contributed by atoms with van der Waals surface area (Å²) in [5.74, 6) is 1.77. The molecule has 8 nitrogen and oxygen atoms in total. The Labute approximate surface area is 211 Å². The number of ether oxygens (including phenoxy) is 2. The van der Waals surface area contributed by atoms with Gasteiger partial charge in [-0.3, -0.25) is 0 Å². The minimum atomic E-state index is -2.27. The van der Waals surface area contributed by atoms with Crippen LogP contribution in [0.15, 0.2) is 41.0 Å². The van der Waals surface area contributed by atoms with Gasteiger partial charge in [0.05, 0.1) is 38.8 Å². The summed E-state index contributed by atoms with van der Waals surface area (Å²) in [6.07, 6.45) is 5.30. The summed E-state index contributed by atoms with van der Waals surface area (Å²) in [4.78, 5) is 8.92. The molecule has 5 rings (SSSR count). The predicted molar refractivity (Wildman–Crippen MR) is 140 cm³/mol. The van der Waals surface area contributed by atoms with Crippen LogP contribution in [-0.4, -0.2) is 58.1 Å². The van der Waals surface area contributed by atoms with Crippen molar-refractivity contribution in [1.29, 1.82) is 0 Å². The van der Waals surface area contributed by atoms with Crippen molar-refractivity contribution < 1.29 is 18.1 Å². The number of halogens is 1. The van der Waals surface area contributed by atoms with Gasteiger partial charge in [0.25, 0.3) is 0 Å². The Balaban J connectivity index is 1.44. The van der Waals surface area contributed by atoms with Crippen molar-refractivity contribution in [3.63, 3.8) is 0 Å². The summed E-state index contributed by atoms with van der Waals surface area (Å²) >= 11 is 0. The van der Waals surface area contributed by atoms with Gasteiger partial charge in [-0.2, -0.15) is 4.36 Å². The fourth-order valence-electron chi connectivity index (χ4n) is 4.88. The fraction of sp³-hybridized carbons (Fsp3) is 0.462. The molecular formula is C26H32FN5O3S. The van der Waals surface area contributed by atoms with Crippen LogP contribution in [0.1, 0.15) is 31.2 Å². The van der Waals surface area contributed by atoms with Gasteiger partial charge in [-0.1, -0.05) is 0 Å². The quantitative estimate of drug-likeness (QED) is 0.486. The van der Waals surface area contributed by atoms with E-state index >= 15 is 0 Å². The Kier molecular flexibility index (Phi) is 7.36. The number of nitrogens with zero attached hydrogens (tertiary/aromatic N) is 3. The zero-order valence-electron chi connectivity index (χ0n) is 20.6. The summed E-state index contributed by atoms with van der Waals surface area (Å²) in [6, 6.07) is 8.25. The summed E-state index contributed by atoms with van der Waals surface area (Å²) in [7, 11) is -0.538. The van der Waals surface area contributed by atoms with Gasteiger partial charge in [0.2, 0.25) is 0 Å². The number of aromatic nitrogens is 2. The van der Waals surface area contributed by atoms with Gasteiger partial charge in [-0.25, -0.2) is 18.6 Å². The number of aryl methyl sites for hydroxylation is 1. The zero-order chi connectivity index (χ0) is 25.1. The molecule has 192 valence electrons. The van der Waals surface area contributed by atoms with Crippen LogP contribution in [-0.2, 0) is 14.5 Å². The minimum absolute atomic E-state index is 0.00342. The van der Waals surface area contributed by atoms with Gasteiger partial charge in [0, 0.05) is 43.2 Å². The lowest BCUT2D eigenvalue weighted by molar-refractivity contribution is 0.0329. The first-order chi connectivity index (χ1) is 17.4. The second-order valence-corrected chi connectivity index (χ2v) is 12.0. The third-order valence-electron chi connectivity index (χ3n) is 6.83. The molecule has 2 N–H and O–H groups in total. The first-order valence-electron chi connectivity index (χ1n) is 12.4. The maximum absolute atomic E-state index is 14.2. The summed E-state index contributed by atoms with van der Waals surface area (Å²) < 4.78 is 43.5. The molecular weight excluding hydrogens is 481 g/mol. The first kappa shape index (κ1) is 24.9. The van der Waals surface area contributed by atoms with Crippen molar-refractivity contribution in [3.8, 4) is 5.75 Å². The Hall–Kier alpha value is -2.82. The Morgan fingerprint density at radius 3 is 2.58 bits per heavy atom. The predicted octanol–water partition coefficient (Wildman–Crippen LogP) is 4.86. The number of benzene rings is 2. The number of hydrogen-bond acceptors (Lipinski definition) is 8. The van der Waals surface area contributed by atoms with E-state index in [9.17, 15) is 8.60 Å². The number of hydrogen-bond donors (Lipinski definition) is 2. The molecule has 0 radical (unpaired) electrons. The van der Waals surface area contributed by atoms with Crippen LogP contribution in [0.2, 0.25) is 0 Å². The molecule has 1 saturated carbocycles. The van der Waals surface area contributed by atoms with E-state index in [1.807, 2.05) is 19.1 Å². The topological polar surface area (TPSA) is 97.7 Å². The maximum Gasteiger partial charge on any atom is 0.146 e. The molecule has 2 fully saturated rings. The van der Waals surface area contributed by atoms with E-state index in [2.05, 4.69) is 25.0 Å². The summed E-state index contributed by atoms with van der Waals surface area (Å²) in [6.45, 7) is 3.38. The van der Waals surface area contributed by atoms with Gasteiger partial charge in [0.15, 0.2) is 0 Å². The smallest absolute Gasteiger partial charge is 0.146 e. The highest BCUT2D eigenvalue weighted by Crippen LogP contribution is 2.35. The highest BCUT2D eigenvalue weighted by Gasteiger charge is 2.23. The molecule has 0 unspecified atom stereocenters. The van der Waals surface area contributed by atoms with Crippen molar-refractivity contribution >= 4 is 37.8 Å². The average Bonchev–Trinajstić information content (AvgIpc) is 2.86. The van der Waals surface area contributed by atoms with Crippen LogP contribution < -0.4 is 15.4 Å². The van der Waals surface area contributed by atoms with E-state index in [0.29, 0.717) is 53.1 Å². The van der Waals surface area contributed by atoms with E-state index in [4.69, 9.17) is 9.47 Å². The Bertz CT molecular complexity index is 1360. The van der Waals surface area contributed by atoms with Gasteiger partial charge < -0.3 is 20.1 Å². The van der Waals surface area contributed by atoms with Crippen LogP contribution in [0.25, 0.3) is 10.9 Å². The van der Waals surface area contributed by atoms with E-state index in [1.54, 1.807) is 13.2 Å². The second-order valence-electron chi connectivity index (χ2n) is 9.42. The van der Waals surface area contributed by atoms with Gasteiger partial charge >= 0.3 is 0 Å². The van der Waals surface area contributed by atoms with Gasteiger partial charge in [-0.15, -0.1) is 0 Å². The molecule has 36 heavy (non-hydrogen) atoms. The van der Waals surface area contributed by atoms with E-state index in [1.165, 1.54) is 18.5 Å². The Morgan fingerprint density at radius 2 is 1.83 bits per heavy atom. The molecule has 1 aromatic heterocycles. The molecule has 2 aromatic carbocycles. The molecule has 2 heterocycles. The van der Waals surface area contributed by atoms with Crippen molar-refractivity contribution in [1.82, 2.24) is 15.3 Å². The van der Waals surface area contributed by atoms with Gasteiger partial charge in [0.1, 0.15) is 23.7 Å². The van der Waals surface area contributed by atoms with Crippen LogP contribution in [0, 0.1) is 12.7 Å². The zero-order valence-corrected chi connectivity index (χ0v) is 21.4. The molecule has 0 amide bonds. The molecule has 1 aliphatic heterocycles. The van der Waals surface area contributed by atoms with E-state index in [-0.39, 0.29) is 18.0 Å². The first-order valence-corrected chi connectivity index (χ1v) is 14.2. The molecule has 1 saturated heterocycles. The van der Waals surface area contributed by atoms with Gasteiger partial charge in [-0.05, 0) is 62.4 Å². The molecule has 0 bridgehead atoms. The minimum Gasteiger partial charge on any atom is -0.488 e. The lowest BCUT2D eigenvalue weighted by Crippen LogP contribution is -2.35. The molecule has 0 spiro atoms. The lowest BCUT2D eigenvalue weighted by Gasteiger charge is -2.28. The second kappa shape index (κ2) is 10.7. The van der Waals surface area contributed by atoms with Crippen molar-refractivity contribution in [3.05, 3.63) is 48.0 Å². The molecule has 10 heteroatoms. The van der Waals surface area contributed by atoms with Crippen LogP contribution in [0.3, 0.4) is 0 Å². The Morgan fingerprint density at radius 1 is 1.08 bits per heavy atom. The third-order valence-corrected chi connectivity index (χ3v) is 9.06. The molecule has 0 atom stereocenters. The third kappa shape index (κ3) is 5.61. The largest absolute Gasteiger partial charge is 0.488 e. The number of fused-ring (bicyclic) bond motifs is 1. The number of rotatable bonds is 6. The van der Waals surface area contributed by atoms with Crippen molar-refractivity contribution in [2.75, 3.05) is 37.0 Å².